The maximum Gasteiger partial charge on any atom is 0.271 e. The van der Waals surface area contributed by atoms with Gasteiger partial charge < -0.3 is 4.74 Å². The van der Waals surface area contributed by atoms with E-state index in [1.807, 2.05) is 37.3 Å². The van der Waals surface area contributed by atoms with Crippen LogP contribution in [0.3, 0.4) is 0 Å². The fourth-order valence-corrected chi connectivity index (χ4v) is 2.51. The van der Waals surface area contributed by atoms with Crippen LogP contribution in [-0.4, -0.2) is 18.7 Å². The van der Waals surface area contributed by atoms with E-state index in [0.717, 1.165) is 22.2 Å². The van der Waals surface area contributed by atoms with Crippen molar-refractivity contribution >= 4 is 27.5 Å². The predicted octanol–water partition coefficient (Wildman–Crippen LogP) is 4.00. The minimum atomic E-state index is -0.259. The second kappa shape index (κ2) is 7.75. The van der Waals surface area contributed by atoms with E-state index in [1.54, 1.807) is 25.3 Å². The number of nitrogens with one attached hydrogen (secondary N) is 1. The van der Waals surface area contributed by atoms with Crippen LogP contribution in [0.15, 0.2) is 58.1 Å². The molecule has 0 saturated heterocycles. The summed E-state index contributed by atoms with van der Waals surface area (Å²) < 4.78 is 5.87. The summed E-state index contributed by atoms with van der Waals surface area (Å²) in [6, 6.07) is 14.9. The summed E-state index contributed by atoms with van der Waals surface area (Å²) in [7, 11) is 1.58. The van der Waals surface area contributed by atoms with Crippen molar-refractivity contribution in [2.45, 2.75) is 13.3 Å². The summed E-state index contributed by atoms with van der Waals surface area (Å²) in [6.45, 7) is 2.00. The summed E-state index contributed by atoms with van der Waals surface area (Å²) >= 11 is 3.37. The first-order valence-electron chi connectivity index (χ1n) is 6.91. The molecule has 114 valence electrons. The second-order valence-corrected chi connectivity index (χ2v) is 5.42. The Labute approximate surface area is 138 Å². The number of carbonyl (C=O) groups excluding carboxylic acids is 1. The first-order chi connectivity index (χ1) is 10.7. The number of rotatable bonds is 5. The Morgan fingerprint density at radius 3 is 2.50 bits per heavy atom. The molecule has 2 aromatic rings. The lowest BCUT2D eigenvalue weighted by Gasteiger charge is -2.07. The maximum absolute atomic E-state index is 12.2. The monoisotopic (exact) mass is 360 g/mol. The maximum atomic E-state index is 12.2. The molecule has 1 N–H and O–H groups in total. The Kier molecular flexibility index (Phi) is 5.72. The molecule has 0 aliphatic carbocycles. The number of amides is 1. The molecular formula is C17H17BrN2O2. The SMILES string of the molecule is CC/C(=N\NC(=O)c1ccc(OC)c(Br)c1)c1ccccc1. The van der Waals surface area contributed by atoms with Crippen molar-refractivity contribution in [1.29, 1.82) is 0 Å². The van der Waals surface area contributed by atoms with Crippen LogP contribution in [0.1, 0.15) is 29.3 Å². The molecule has 4 nitrogen and oxygen atoms in total. The molecule has 0 spiro atoms. The predicted molar refractivity (Wildman–Crippen MR) is 91.4 cm³/mol. The van der Waals surface area contributed by atoms with Crippen LogP contribution < -0.4 is 10.2 Å². The Hall–Kier alpha value is -2.14. The van der Waals surface area contributed by atoms with Gasteiger partial charge in [0.2, 0.25) is 0 Å². The number of hydrogen-bond donors (Lipinski definition) is 1. The molecule has 0 atom stereocenters. The van der Waals surface area contributed by atoms with Gasteiger partial charge in [-0.05, 0) is 46.1 Å². The van der Waals surface area contributed by atoms with Gasteiger partial charge in [-0.25, -0.2) is 5.43 Å². The van der Waals surface area contributed by atoms with E-state index in [4.69, 9.17) is 4.74 Å². The van der Waals surface area contributed by atoms with Crippen molar-refractivity contribution < 1.29 is 9.53 Å². The molecule has 0 aliphatic heterocycles. The summed E-state index contributed by atoms with van der Waals surface area (Å²) in [6.07, 6.45) is 0.733. The van der Waals surface area contributed by atoms with Crippen LogP contribution in [-0.2, 0) is 0 Å². The number of benzene rings is 2. The van der Waals surface area contributed by atoms with Crippen molar-refractivity contribution in [2.75, 3.05) is 7.11 Å². The Bertz CT molecular complexity index is 684. The molecule has 0 bridgehead atoms. The van der Waals surface area contributed by atoms with Crippen LogP contribution in [0.5, 0.6) is 5.75 Å². The third-order valence-corrected chi connectivity index (χ3v) is 3.77. The van der Waals surface area contributed by atoms with Crippen LogP contribution in [0, 0.1) is 0 Å². The topological polar surface area (TPSA) is 50.7 Å². The first-order valence-corrected chi connectivity index (χ1v) is 7.71. The number of hydrogen-bond acceptors (Lipinski definition) is 3. The zero-order chi connectivity index (χ0) is 15.9. The highest BCUT2D eigenvalue weighted by Crippen LogP contribution is 2.25. The highest BCUT2D eigenvalue weighted by Gasteiger charge is 2.09. The largest absolute Gasteiger partial charge is 0.496 e. The van der Waals surface area contributed by atoms with Crippen molar-refractivity contribution in [3.63, 3.8) is 0 Å². The molecule has 5 heteroatoms. The number of methoxy groups -OCH3 is 1. The Morgan fingerprint density at radius 1 is 1.18 bits per heavy atom. The van der Waals surface area contributed by atoms with Gasteiger partial charge in [0.25, 0.3) is 5.91 Å². The van der Waals surface area contributed by atoms with E-state index in [9.17, 15) is 4.79 Å². The van der Waals surface area contributed by atoms with Crippen LogP contribution >= 0.6 is 15.9 Å². The first kappa shape index (κ1) is 16.2. The lowest BCUT2D eigenvalue weighted by atomic mass is 10.1. The number of hydrazone groups is 1. The van der Waals surface area contributed by atoms with Crippen LogP contribution in [0.2, 0.25) is 0 Å². The molecular weight excluding hydrogens is 344 g/mol. The van der Waals surface area contributed by atoms with Gasteiger partial charge in [0, 0.05) is 5.56 Å². The van der Waals surface area contributed by atoms with E-state index in [0.29, 0.717) is 11.3 Å². The summed E-state index contributed by atoms with van der Waals surface area (Å²) in [5.41, 5.74) is 4.95. The number of ether oxygens (including phenoxy) is 1. The lowest BCUT2D eigenvalue weighted by molar-refractivity contribution is 0.0954. The number of nitrogens with zero attached hydrogens (tertiary/aromatic N) is 1. The van der Waals surface area contributed by atoms with Gasteiger partial charge in [0.15, 0.2) is 0 Å². The van der Waals surface area contributed by atoms with Crippen LogP contribution in [0.4, 0.5) is 0 Å². The zero-order valence-corrected chi connectivity index (χ0v) is 14.1. The minimum absolute atomic E-state index is 0.259. The summed E-state index contributed by atoms with van der Waals surface area (Å²) in [4.78, 5) is 12.2. The normalized spacial score (nSPS) is 11.1. The fourth-order valence-electron chi connectivity index (χ4n) is 1.97. The molecule has 0 saturated carbocycles. The van der Waals surface area contributed by atoms with E-state index < -0.39 is 0 Å². The van der Waals surface area contributed by atoms with Gasteiger partial charge in [0.05, 0.1) is 17.3 Å². The van der Waals surface area contributed by atoms with Gasteiger partial charge >= 0.3 is 0 Å². The molecule has 0 aliphatic rings. The summed E-state index contributed by atoms with van der Waals surface area (Å²) in [5, 5.41) is 4.23. The van der Waals surface area contributed by atoms with Crippen LogP contribution in [0.25, 0.3) is 0 Å². The number of carbonyl (C=O) groups is 1. The molecule has 0 radical (unpaired) electrons. The molecule has 2 rings (SSSR count). The van der Waals surface area contributed by atoms with E-state index in [1.165, 1.54) is 0 Å². The van der Waals surface area contributed by atoms with Crippen molar-refractivity contribution in [1.82, 2.24) is 5.43 Å². The molecule has 0 aromatic heterocycles. The molecule has 0 unspecified atom stereocenters. The molecule has 2 aromatic carbocycles. The quantitative estimate of drug-likeness (QED) is 0.646. The smallest absolute Gasteiger partial charge is 0.271 e. The van der Waals surface area contributed by atoms with Gasteiger partial charge in [-0.1, -0.05) is 37.3 Å². The van der Waals surface area contributed by atoms with E-state index >= 15 is 0 Å². The van der Waals surface area contributed by atoms with Gasteiger partial charge in [-0.15, -0.1) is 0 Å². The average molecular weight is 361 g/mol. The van der Waals surface area contributed by atoms with E-state index in [-0.39, 0.29) is 5.91 Å². The van der Waals surface area contributed by atoms with E-state index in [2.05, 4.69) is 26.5 Å². The fraction of sp³-hybridized carbons (Fsp3) is 0.176. The molecule has 22 heavy (non-hydrogen) atoms. The third-order valence-electron chi connectivity index (χ3n) is 3.15. The van der Waals surface area contributed by atoms with Gasteiger partial charge in [0.1, 0.15) is 5.75 Å². The molecule has 1 amide bonds. The average Bonchev–Trinajstić information content (AvgIpc) is 2.56. The standard InChI is InChI=1S/C17H17BrN2O2/c1-3-15(12-7-5-4-6-8-12)19-20-17(21)13-9-10-16(22-2)14(18)11-13/h4-11H,3H2,1-2H3,(H,20,21)/b19-15+. The second-order valence-electron chi connectivity index (χ2n) is 4.57. The lowest BCUT2D eigenvalue weighted by Crippen LogP contribution is -2.20. The zero-order valence-electron chi connectivity index (χ0n) is 12.5. The van der Waals surface area contributed by atoms with Crippen molar-refractivity contribution in [2.24, 2.45) is 5.10 Å². The minimum Gasteiger partial charge on any atom is -0.496 e. The molecule has 0 fully saturated rings. The third kappa shape index (κ3) is 3.95. The van der Waals surface area contributed by atoms with Gasteiger partial charge in [-0.2, -0.15) is 5.10 Å². The van der Waals surface area contributed by atoms with Gasteiger partial charge in [-0.3, -0.25) is 4.79 Å². The summed E-state index contributed by atoms with van der Waals surface area (Å²) in [5.74, 6) is 0.420. The van der Waals surface area contributed by atoms with Crippen molar-refractivity contribution in [3.05, 3.63) is 64.1 Å². The highest BCUT2D eigenvalue weighted by atomic mass is 79.9. The number of halogens is 1. The van der Waals surface area contributed by atoms with Crippen molar-refractivity contribution in [3.8, 4) is 5.75 Å². The highest BCUT2D eigenvalue weighted by molar-refractivity contribution is 9.10. The Balaban J connectivity index is 2.14. The Morgan fingerprint density at radius 2 is 1.91 bits per heavy atom. The molecule has 0 heterocycles.